The molecule has 0 saturated heterocycles. The molecule has 0 unspecified atom stereocenters. The average Bonchev–Trinajstić information content (AvgIpc) is 2.37. The summed E-state index contributed by atoms with van der Waals surface area (Å²) in [5.41, 5.74) is 0.204. The van der Waals surface area contributed by atoms with Crippen molar-refractivity contribution in [2.24, 2.45) is 0 Å². The smallest absolute Gasteiger partial charge is 0.258 e. The van der Waals surface area contributed by atoms with Gasteiger partial charge in [0.15, 0.2) is 0 Å². The second-order valence-corrected chi connectivity index (χ2v) is 4.81. The Kier molecular flexibility index (Phi) is 3.94. The van der Waals surface area contributed by atoms with Gasteiger partial charge in [-0.05, 0) is 17.7 Å². The maximum atomic E-state index is 13.3. The number of hydrogen-bond donors (Lipinski definition) is 0. The molecular formula is C12H5Cl3FNO2. The maximum Gasteiger partial charge on any atom is 0.305 e. The third kappa shape index (κ3) is 2.66. The molecule has 3 nitrogen and oxygen atoms in total. The average molecular weight is 321 g/mol. The molecule has 0 spiro atoms. The van der Waals surface area contributed by atoms with Crippen LogP contribution in [0.15, 0.2) is 30.3 Å². The first-order valence-corrected chi connectivity index (χ1v) is 6.13. The van der Waals surface area contributed by atoms with Gasteiger partial charge in [-0.2, -0.15) is 4.39 Å². The Balaban J connectivity index is 2.63. The van der Waals surface area contributed by atoms with Gasteiger partial charge in [-0.3, -0.25) is 10.1 Å². The fourth-order valence-corrected chi connectivity index (χ4v) is 2.21. The summed E-state index contributed by atoms with van der Waals surface area (Å²) in [5.74, 6) is -0.912. The number of nitrogens with zero attached hydrogens (tertiary/aromatic N) is 1. The summed E-state index contributed by atoms with van der Waals surface area (Å²) >= 11 is 17.7. The molecule has 0 atom stereocenters. The van der Waals surface area contributed by atoms with Crippen LogP contribution in [0.4, 0.5) is 10.1 Å². The molecular weight excluding hydrogens is 315 g/mol. The largest absolute Gasteiger partial charge is 0.305 e. The van der Waals surface area contributed by atoms with Crippen molar-refractivity contribution < 1.29 is 9.31 Å². The number of rotatable bonds is 2. The Labute approximate surface area is 122 Å². The molecule has 0 aliphatic heterocycles. The molecule has 7 heteroatoms. The maximum absolute atomic E-state index is 13.3. The van der Waals surface area contributed by atoms with Crippen LogP contribution in [0, 0.1) is 15.9 Å². The number of halogens is 4. The third-order valence-corrected chi connectivity index (χ3v) is 3.78. The van der Waals surface area contributed by atoms with E-state index in [0.717, 1.165) is 12.1 Å². The normalized spacial score (nSPS) is 10.5. The predicted octanol–water partition coefficient (Wildman–Crippen LogP) is 5.36. The zero-order valence-corrected chi connectivity index (χ0v) is 11.4. The topological polar surface area (TPSA) is 43.1 Å². The first-order chi connectivity index (χ1) is 8.91. The van der Waals surface area contributed by atoms with Gasteiger partial charge in [0.1, 0.15) is 0 Å². The van der Waals surface area contributed by atoms with Crippen molar-refractivity contribution in [2.45, 2.75) is 0 Å². The lowest BCUT2D eigenvalue weighted by molar-refractivity contribution is -0.387. The SMILES string of the molecule is O=[N+]([O-])c1cc(-c2ccc(Cl)c(Cl)c2Cl)ccc1F. The number of hydrogen-bond acceptors (Lipinski definition) is 2. The van der Waals surface area contributed by atoms with Gasteiger partial charge in [-0.1, -0.05) is 46.9 Å². The number of nitro benzene ring substituents is 1. The van der Waals surface area contributed by atoms with Crippen molar-refractivity contribution in [3.8, 4) is 11.1 Å². The minimum Gasteiger partial charge on any atom is -0.258 e. The van der Waals surface area contributed by atoms with E-state index in [4.69, 9.17) is 34.8 Å². The summed E-state index contributed by atoms with van der Waals surface area (Å²) in [4.78, 5) is 9.90. The minimum absolute atomic E-state index is 0.146. The zero-order valence-electron chi connectivity index (χ0n) is 9.16. The van der Waals surface area contributed by atoms with Crippen LogP contribution in [-0.2, 0) is 0 Å². The molecule has 19 heavy (non-hydrogen) atoms. The second kappa shape index (κ2) is 5.33. The van der Waals surface area contributed by atoms with Crippen molar-refractivity contribution in [1.82, 2.24) is 0 Å². The quantitative estimate of drug-likeness (QED) is 0.424. The van der Waals surface area contributed by atoms with Crippen molar-refractivity contribution in [3.05, 3.63) is 61.3 Å². The predicted molar refractivity (Wildman–Crippen MR) is 73.5 cm³/mol. The van der Waals surface area contributed by atoms with E-state index < -0.39 is 16.4 Å². The van der Waals surface area contributed by atoms with E-state index in [9.17, 15) is 14.5 Å². The van der Waals surface area contributed by atoms with Crippen molar-refractivity contribution in [2.75, 3.05) is 0 Å². The second-order valence-electron chi connectivity index (χ2n) is 3.65. The summed E-state index contributed by atoms with van der Waals surface area (Å²) in [5, 5.41) is 11.3. The van der Waals surface area contributed by atoms with Crippen molar-refractivity contribution >= 4 is 40.5 Å². The minimum atomic E-state index is -0.912. The lowest BCUT2D eigenvalue weighted by Gasteiger charge is -2.07. The highest BCUT2D eigenvalue weighted by atomic mass is 35.5. The molecule has 2 aromatic carbocycles. The molecule has 0 saturated carbocycles. The molecule has 0 N–H and O–H groups in total. The molecule has 0 aromatic heterocycles. The van der Waals surface area contributed by atoms with Crippen LogP contribution < -0.4 is 0 Å². The van der Waals surface area contributed by atoms with E-state index in [1.54, 1.807) is 6.07 Å². The van der Waals surface area contributed by atoms with E-state index in [0.29, 0.717) is 11.1 Å². The van der Waals surface area contributed by atoms with Gasteiger partial charge in [-0.25, -0.2) is 0 Å². The molecule has 0 aliphatic rings. The fraction of sp³-hybridized carbons (Fsp3) is 0. The number of benzene rings is 2. The van der Waals surface area contributed by atoms with Gasteiger partial charge in [0.2, 0.25) is 5.82 Å². The molecule has 2 aromatic rings. The first-order valence-electron chi connectivity index (χ1n) is 4.99. The van der Waals surface area contributed by atoms with E-state index in [-0.39, 0.29) is 15.1 Å². The number of nitro groups is 1. The zero-order chi connectivity index (χ0) is 14.2. The van der Waals surface area contributed by atoms with E-state index in [1.807, 2.05) is 0 Å². The summed E-state index contributed by atoms with van der Waals surface area (Å²) in [7, 11) is 0. The molecule has 2 rings (SSSR count). The Hall–Kier alpha value is -1.36. The highest BCUT2D eigenvalue weighted by Crippen LogP contribution is 2.39. The molecule has 0 radical (unpaired) electrons. The van der Waals surface area contributed by atoms with E-state index in [2.05, 4.69) is 0 Å². The van der Waals surface area contributed by atoms with Gasteiger partial charge in [-0.15, -0.1) is 0 Å². The van der Waals surface area contributed by atoms with Gasteiger partial charge >= 0.3 is 5.69 Å². The molecule has 0 bridgehead atoms. The first kappa shape index (κ1) is 14.1. The van der Waals surface area contributed by atoms with E-state index in [1.165, 1.54) is 12.1 Å². The Morgan fingerprint density at radius 3 is 2.37 bits per heavy atom. The Morgan fingerprint density at radius 1 is 1.05 bits per heavy atom. The summed E-state index contributed by atoms with van der Waals surface area (Å²) in [6.45, 7) is 0. The van der Waals surface area contributed by atoms with Crippen LogP contribution in [0.3, 0.4) is 0 Å². The Bertz CT molecular complexity index is 676. The fourth-order valence-electron chi connectivity index (χ4n) is 1.57. The van der Waals surface area contributed by atoms with Crippen LogP contribution >= 0.6 is 34.8 Å². The lowest BCUT2D eigenvalue weighted by atomic mass is 10.0. The van der Waals surface area contributed by atoms with Gasteiger partial charge in [0.25, 0.3) is 0 Å². The molecule has 0 heterocycles. The Morgan fingerprint density at radius 2 is 1.74 bits per heavy atom. The van der Waals surface area contributed by atoms with Crippen LogP contribution in [0.25, 0.3) is 11.1 Å². The highest BCUT2D eigenvalue weighted by molar-refractivity contribution is 6.49. The van der Waals surface area contributed by atoms with E-state index >= 15 is 0 Å². The lowest BCUT2D eigenvalue weighted by Crippen LogP contribution is -1.93. The van der Waals surface area contributed by atoms with Crippen molar-refractivity contribution in [1.29, 1.82) is 0 Å². The van der Waals surface area contributed by atoms with Crippen LogP contribution in [-0.4, -0.2) is 4.92 Å². The molecule has 0 fully saturated rings. The summed E-state index contributed by atoms with van der Waals surface area (Å²) in [6.07, 6.45) is 0. The monoisotopic (exact) mass is 319 g/mol. The van der Waals surface area contributed by atoms with Gasteiger partial charge in [0.05, 0.1) is 20.0 Å². The van der Waals surface area contributed by atoms with Crippen LogP contribution in [0.1, 0.15) is 0 Å². The molecule has 98 valence electrons. The van der Waals surface area contributed by atoms with Gasteiger partial charge in [0, 0.05) is 11.6 Å². The van der Waals surface area contributed by atoms with Crippen molar-refractivity contribution in [3.63, 3.8) is 0 Å². The molecule has 0 amide bonds. The van der Waals surface area contributed by atoms with Crippen LogP contribution in [0.5, 0.6) is 0 Å². The standard InChI is InChI=1S/C12H5Cl3FNO2/c13-8-3-2-7(11(14)12(8)15)6-1-4-9(16)10(5-6)17(18)19/h1-5H. The summed E-state index contributed by atoms with van der Waals surface area (Å²) < 4.78 is 13.3. The van der Waals surface area contributed by atoms with Crippen LogP contribution in [0.2, 0.25) is 15.1 Å². The highest BCUT2D eigenvalue weighted by Gasteiger charge is 2.17. The molecule has 0 aliphatic carbocycles. The van der Waals surface area contributed by atoms with Gasteiger partial charge < -0.3 is 0 Å². The summed E-state index contributed by atoms with van der Waals surface area (Å²) in [6, 6.07) is 6.56. The third-order valence-electron chi connectivity index (χ3n) is 2.49.